The maximum absolute atomic E-state index is 11.9. The van der Waals surface area contributed by atoms with Gasteiger partial charge < -0.3 is 4.74 Å². The molecule has 2 nitrogen and oxygen atoms in total. The Morgan fingerprint density at radius 3 is 2.11 bits per heavy atom. The molecule has 0 heterocycles. The Bertz CT molecular complexity index is 365. The predicted octanol–water partition coefficient (Wildman–Crippen LogP) is 4.35. The fourth-order valence-corrected chi connectivity index (χ4v) is 3.29. The van der Waals surface area contributed by atoms with E-state index in [0.29, 0.717) is 11.5 Å². The van der Waals surface area contributed by atoms with E-state index >= 15 is 0 Å². The van der Waals surface area contributed by atoms with Crippen LogP contribution in [0.4, 0.5) is 0 Å². The van der Waals surface area contributed by atoms with Crippen LogP contribution in [-0.2, 0) is 9.53 Å². The molecule has 0 bridgehead atoms. The Labute approximate surface area is 112 Å². The summed E-state index contributed by atoms with van der Waals surface area (Å²) >= 11 is 0. The molecule has 0 saturated heterocycles. The molecule has 18 heavy (non-hydrogen) atoms. The van der Waals surface area contributed by atoms with Crippen LogP contribution in [0.15, 0.2) is 12.2 Å². The van der Waals surface area contributed by atoms with Crippen molar-refractivity contribution in [2.45, 2.75) is 66.9 Å². The minimum Gasteiger partial charge on any atom is -0.455 e. The highest BCUT2D eigenvalue weighted by atomic mass is 16.6. The van der Waals surface area contributed by atoms with Gasteiger partial charge in [0, 0.05) is 11.0 Å². The van der Waals surface area contributed by atoms with Gasteiger partial charge >= 0.3 is 5.97 Å². The van der Waals surface area contributed by atoms with Crippen molar-refractivity contribution >= 4 is 5.97 Å². The lowest BCUT2D eigenvalue weighted by Crippen LogP contribution is -2.47. The van der Waals surface area contributed by atoms with Crippen molar-refractivity contribution in [3.8, 4) is 0 Å². The average molecular weight is 252 g/mol. The number of hydrogen-bond acceptors (Lipinski definition) is 2. The van der Waals surface area contributed by atoms with E-state index in [4.69, 9.17) is 4.74 Å². The van der Waals surface area contributed by atoms with Gasteiger partial charge in [-0.15, -0.1) is 0 Å². The van der Waals surface area contributed by atoms with Crippen molar-refractivity contribution in [3.05, 3.63) is 12.2 Å². The van der Waals surface area contributed by atoms with Crippen LogP contribution in [0.2, 0.25) is 0 Å². The van der Waals surface area contributed by atoms with Crippen LogP contribution in [0, 0.1) is 16.7 Å². The summed E-state index contributed by atoms with van der Waals surface area (Å²) in [5.41, 5.74) is 0.176. The Morgan fingerprint density at radius 2 is 1.78 bits per heavy atom. The first-order chi connectivity index (χ1) is 7.99. The molecule has 2 atom stereocenters. The summed E-state index contributed by atoms with van der Waals surface area (Å²) in [5, 5.41) is 0. The zero-order valence-electron chi connectivity index (χ0n) is 13.0. The molecule has 0 aromatic carbocycles. The minimum absolute atomic E-state index is 0.0498. The molecule has 104 valence electrons. The SMILES string of the molecule is C=C(C)C(=O)OC1(C)CC(CC)C(C)(C)C1(C)C. The first-order valence-corrected chi connectivity index (χ1v) is 6.88. The molecule has 0 aromatic heterocycles. The number of esters is 1. The second kappa shape index (κ2) is 4.40. The van der Waals surface area contributed by atoms with Gasteiger partial charge in [-0.3, -0.25) is 0 Å². The summed E-state index contributed by atoms with van der Waals surface area (Å²) in [7, 11) is 0. The smallest absolute Gasteiger partial charge is 0.333 e. The number of carbonyl (C=O) groups excluding carboxylic acids is 1. The van der Waals surface area contributed by atoms with Gasteiger partial charge in [-0.05, 0) is 31.6 Å². The molecule has 1 saturated carbocycles. The summed E-state index contributed by atoms with van der Waals surface area (Å²) in [6.45, 7) is 18.7. The van der Waals surface area contributed by atoms with Crippen LogP contribution in [0.3, 0.4) is 0 Å². The van der Waals surface area contributed by atoms with E-state index in [9.17, 15) is 4.79 Å². The second-order valence-corrected chi connectivity index (χ2v) is 7.06. The van der Waals surface area contributed by atoms with Gasteiger partial charge in [0.25, 0.3) is 0 Å². The predicted molar refractivity (Wildman–Crippen MR) is 75.3 cm³/mol. The van der Waals surface area contributed by atoms with Gasteiger partial charge in [0.05, 0.1) is 0 Å². The topological polar surface area (TPSA) is 26.3 Å². The van der Waals surface area contributed by atoms with E-state index in [-0.39, 0.29) is 16.8 Å². The standard InChI is InChI=1S/C16H28O2/c1-9-12-10-16(8,18-13(17)11(2)3)15(6,7)14(12,4)5/h12H,2,9-10H2,1,3-8H3. The van der Waals surface area contributed by atoms with Crippen LogP contribution in [0.25, 0.3) is 0 Å². The molecule has 1 aliphatic carbocycles. The lowest BCUT2D eigenvalue weighted by Gasteiger charge is -2.45. The van der Waals surface area contributed by atoms with Crippen molar-refractivity contribution in [2.24, 2.45) is 16.7 Å². The zero-order valence-corrected chi connectivity index (χ0v) is 13.0. The zero-order chi connectivity index (χ0) is 14.4. The molecule has 0 spiro atoms. The molecular formula is C16H28O2. The molecule has 0 aromatic rings. The Hall–Kier alpha value is -0.790. The molecule has 0 radical (unpaired) electrons. The van der Waals surface area contributed by atoms with Crippen molar-refractivity contribution in [2.75, 3.05) is 0 Å². The lowest BCUT2D eigenvalue weighted by atomic mass is 9.63. The Morgan fingerprint density at radius 1 is 1.28 bits per heavy atom. The van der Waals surface area contributed by atoms with Crippen LogP contribution in [-0.4, -0.2) is 11.6 Å². The molecule has 0 N–H and O–H groups in total. The van der Waals surface area contributed by atoms with Gasteiger partial charge in [0.1, 0.15) is 5.60 Å². The van der Waals surface area contributed by atoms with Crippen molar-refractivity contribution in [1.29, 1.82) is 0 Å². The third-order valence-electron chi connectivity index (χ3n) is 5.75. The summed E-state index contributed by atoms with van der Waals surface area (Å²) in [4.78, 5) is 11.9. The van der Waals surface area contributed by atoms with Crippen LogP contribution in [0.1, 0.15) is 61.3 Å². The number of rotatable bonds is 3. The third-order valence-corrected chi connectivity index (χ3v) is 5.75. The highest BCUT2D eigenvalue weighted by Crippen LogP contribution is 2.62. The minimum atomic E-state index is -0.410. The molecule has 0 amide bonds. The molecule has 2 unspecified atom stereocenters. The first-order valence-electron chi connectivity index (χ1n) is 6.88. The van der Waals surface area contributed by atoms with Gasteiger partial charge in [-0.25, -0.2) is 4.79 Å². The largest absolute Gasteiger partial charge is 0.455 e. The maximum atomic E-state index is 11.9. The maximum Gasteiger partial charge on any atom is 0.333 e. The monoisotopic (exact) mass is 252 g/mol. The molecular weight excluding hydrogens is 224 g/mol. The summed E-state index contributed by atoms with van der Waals surface area (Å²) < 4.78 is 5.80. The molecule has 1 fully saturated rings. The quantitative estimate of drug-likeness (QED) is 0.551. The van der Waals surface area contributed by atoms with E-state index in [0.717, 1.165) is 12.8 Å². The van der Waals surface area contributed by atoms with E-state index in [1.807, 2.05) is 0 Å². The van der Waals surface area contributed by atoms with E-state index in [1.54, 1.807) is 6.92 Å². The summed E-state index contributed by atoms with van der Waals surface area (Å²) in [6.07, 6.45) is 2.05. The van der Waals surface area contributed by atoms with Crippen LogP contribution in [0.5, 0.6) is 0 Å². The Balaban J connectivity index is 3.10. The fourth-order valence-electron chi connectivity index (χ4n) is 3.29. The highest BCUT2D eigenvalue weighted by Gasteiger charge is 2.62. The molecule has 1 aliphatic rings. The van der Waals surface area contributed by atoms with Crippen molar-refractivity contribution < 1.29 is 9.53 Å². The number of ether oxygens (including phenoxy) is 1. The van der Waals surface area contributed by atoms with Crippen molar-refractivity contribution in [3.63, 3.8) is 0 Å². The van der Waals surface area contributed by atoms with Gasteiger partial charge in [-0.2, -0.15) is 0 Å². The first kappa shape index (κ1) is 15.3. The summed E-state index contributed by atoms with van der Waals surface area (Å²) in [5.74, 6) is 0.313. The van der Waals surface area contributed by atoms with Gasteiger partial charge in [0.2, 0.25) is 0 Å². The van der Waals surface area contributed by atoms with E-state index in [1.165, 1.54) is 0 Å². The Kier molecular flexibility index (Phi) is 3.73. The third kappa shape index (κ3) is 2.00. The van der Waals surface area contributed by atoms with Crippen LogP contribution >= 0.6 is 0 Å². The number of carbonyl (C=O) groups is 1. The van der Waals surface area contributed by atoms with Gasteiger partial charge in [0.15, 0.2) is 0 Å². The van der Waals surface area contributed by atoms with Crippen LogP contribution < -0.4 is 0 Å². The van der Waals surface area contributed by atoms with E-state index < -0.39 is 5.60 Å². The second-order valence-electron chi connectivity index (χ2n) is 7.06. The normalized spacial score (nSPS) is 33.2. The van der Waals surface area contributed by atoms with Gasteiger partial charge in [-0.1, -0.05) is 47.6 Å². The van der Waals surface area contributed by atoms with Crippen molar-refractivity contribution in [1.82, 2.24) is 0 Å². The lowest BCUT2D eigenvalue weighted by molar-refractivity contribution is -0.167. The molecule has 1 rings (SSSR count). The average Bonchev–Trinajstić information content (AvgIpc) is 2.36. The summed E-state index contributed by atoms with van der Waals surface area (Å²) in [6, 6.07) is 0. The number of hydrogen-bond donors (Lipinski definition) is 0. The fraction of sp³-hybridized carbons (Fsp3) is 0.812. The van der Waals surface area contributed by atoms with E-state index in [2.05, 4.69) is 48.1 Å². The molecule has 0 aliphatic heterocycles. The molecule has 2 heteroatoms. The highest BCUT2D eigenvalue weighted by molar-refractivity contribution is 5.87.